The van der Waals surface area contributed by atoms with Crippen molar-refractivity contribution in [3.63, 3.8) is 0 Å². The number of likely N-dealkylation sites (tertiary alicyclic amines) is 1. The van der Waals surface area contributed by atoms with Crippen molar-refractivity contribution in [1.82, 2.24) is 10.2 Å². The second kappa shape index (κ2) is 5.69. The first-order valence-electron chi connectivity index (χ1n) is 6.49. The zero-order chi connectivity index (χ0) is 14.8. The molecule has 0 spiro atoms. The minimum absolute atomic E-state index is 0.0301. The molecule has 0 bridgehead atoms. The molecule has 0 aromatic rings. The molecular formula is C13H22N2O4. The van der Waals surface area contributed by atoms with E-state index in [1.165, 1.54) is 4.90 Å². The van der Waals surface area contributed by atoms with Crippen molar-refractivity contribution in [2.45, 2.75) is 52.6 Å². The van der Waals surface area contributed by atoms with Gasteiger partial charge in [0.1, 0.15) is 6.04 Å². The number of imide groups is 1. The van der Waals surface area contributed by atoms with Gasteiger partial charge in [-0.2, -0.15) is 0 Å². The van der Waals surface area contributed by atoms with Crippen LogP contribution in [0.4, 0.5) is 0 Å². The number of carboxylic acid groups (broad SMARTS) is 1. The molecule has 2 N–H and O–H groups in total. The van der Waals surface area contributed by atoms with Crippen LogP contribution in [-0.4, -0.2) is 46.4 Å². The molecule has 1 fully saturated rings. The molecule has 6 nitrogen and oxygen atoms in total. The summed E-state index contributed by atoms with van der Waals surface area (Å²) in [4.78, 5) is 36.0. The van der Waals surface area contributed by atoms with E-state index in [-0.39, 0.29) is 37.2 Å². The van der Waals surface area contributed by atoms with Gasteiger partial charge in [0, 0.05) is 19.0 Å². The van der Waals surface area contributed by atoms with E-state index in [2.05, 4.69) is 5.32 Å². The molecule has 0 saturated carbocycles. The number of hydrogen-bond donors (Lipinski definition) is 2. The van der Waals surface area contributed by atoms with E-state index < -0.39 is 17.4 Å². The van der Waals surface area contributed by atoms with Crippen molar-refractivity contribution in [3.05, 3.63) is 0 Å². The number of hydrogen-bond acceptors (Lipinski definition) is 4. The Kier molecular flexibility index (Phi) is 4.68. The lowest BCUT2D eigenvalue weighted by Crippen LogP contribution is -2.44. The van der Waals surface area contributed by atoms with Gasteiger partial charge in [0.2, 0.25) is 11.8 Å². The van der Waals surface area contributed by atoms with E-state index in [9.17, 15) is 14.4 Å². The molecule has 0 aromatic heterocycles. The molecule has 0 aliphatic carbocycles. The van der Waals surface area contributed by atoms with Gasteiger partial charge in [0.05, 0.1) is 5.41 Å². The maximum Gasteiger partial charge on any atom is 0.320 e. The normalized spacial score (nSPS) is 20.2. The molecule has 1 unspecified atom stereocenters. The van der Waals surface area contributed by atoms with Gasteiger partial charge < -0.3 is 10.4 Å². The number of rotatable bonds is 6. The Balaban J connectivity index is 2.62. The van der Waals surface area contributed by atoms with E-state index >= 15 is 0 Å². The second-order valence-electron chi connectivity index (χ2n) is 5.91. The van der Waals surface area contributed by atoms with Crippen LogP contribution < -0.4 is 5.32 Å². The first kappa shape index (κ1) is 15.6. The van der Waals surface area contributed by atoms with Crippen molar-refractivity contribution in [1.29, 1.82) is 0 Å². The quantitative estimate of drug-likeness (QED) is 0.691. The molecule has 108 valence electrons. The number of carbonyl (C=O) groups is 3. The molecule has 0 radical (unpaired) electrons. The second-order valence-corrected chi connectivity index (χ2v) is 5.91. The topological polar surface area (TPSA) is 86.7 Å². The van der Waals surface area contributed by atoms with Crippen LogP contribution >= 0.6 is 0 Å². The lowest BCUT2D eigenvalue weighted by molar-refractivity contribution is -0.144. The Bertz CT molecular complexity index is 390. The fourth-order valence-corrected chi connectivity index (χ4v) is 2.19. The van der Waals surface area contributed by atoms with Crippen LogP contribution in [0, 0.1) is 5.41 Å². The Hall–Kier alpha value is -1.43. The zero-order valence-electron chi connectivity index (χ0n) is 11.9. The van der Waals surface area contributed by atoms with E-state index in [1.54, 1.807) is 13.8 Å². The first-order chi connectivity index (χ1) is 8.65. The molecule has 1 aliphatic heterocycles. The van der Waals surface area contributed by atoms with Gasteiger partial charge in [-0.15, -0.1) is 0 Å². The molecule has 1 aliphatic rings. The highest BCUT2D eigenvalue weighted by Gasteiger charge is 2.44. The molecule has 2 amide bonds. The molecule has 19 heavy (non-hydrogen) atoms. The average Bonchev–Trinajstić information content (AvgIpc) is 2.43. The minimum atomic E-state index is -0.966. The van der Waals surface area contributed by atoms with Gasteiger partial charge in [-0.05, 0) is 6.42 Å². The molecular weight excluding hydrogens is 248 g/mol. The summed E-state index contributed by atoms with van der Waals surface area (Å²) in [5, 5.41) is 12.0. The van der Waals surface area contributed by atoms with Gasteiger partial charge >= 0.3 is 5.97 Å². The predicted octanol–water partition coefficient (Wildman–Crippen LogP) is 0.613. The fraction of sp³-hybridized carbons (Fsp3) is 0.769. The Morgan fingerprint density at radius 1 is 1.42 bits per heavy atom. The third-order valence-electron chi connectivity index (χ3n) is 3.19. The number of nitrogens with one attached hydrogen (secondary N) is 1. The van der Waals surface area contributed by atoms with Gasteiger partial charge in [0.15, 0.2) is 0 Å². The SMILES string of the molecule is CC(C)NC(CCN1C(=O)CC(C)(C)C1=O)C(=O)O. The number of nitrogens with zero attached hydrogens (tertiary/aromatic N) is 1. The molecule has 1 saturated heterocycles. The molecule has 6 heteroatoms. The van der Waals surface area contributed by atoms with Gasteiger partial charge in [-0.1, -0.05) is 27.7 Å². The number of carbonyl (C=O) groups excluding carboxylic acids is 2. The third-order valence-corrected chi connectivity index (χ3v) is 3.19. The average molecular weight is 270 g/mol. The van der Waals surface area contributed by atoms with Crippen molar-refractivity contribution < 1.29 is 19.5 Å². The van der Waals surface area contributed by atoms with E-state index in [0.717, 1.165) is 0 Å². The molecule has 1 rings (SSSR count). The van der Waals surface area contributed by atoms with Crippen LogP contribution in [0.25, 0.3) is 0 Å². The summed E-state index contributed by atoms with van der Waals surface area (Å²) in [6, 6.07) is -0.716. The number of amides is 2. The smallest absolute Gasteiger partial charge is 0.320 e. The largest absolute Gasteiger partial charge is 0.480 e. The summed E-state index contributed by atoms with van der Waals surface area (Å²) < 4.78 is 0. The van der Waals surface area contributed by atoms with Crippen LogP contribution in [0.1, 0.15) is 40.5 Å². The van der Waals surface area contributed by atoms with Gasteiger partial charge in [-0.25, -0.2) is 0 Å². The Morgan fingerprint density at radius 3 is 2.37 bits per heavy atom. The molecule has 1 heterocycles. The lowest BCUT2D eigenvalue weighted by atomic mass is 9.92. The van der Waals surface area contributed by atoms with Gasteiger partial charge in [-0.3, -0.25) is 19.3 Å². The van der Waals surface area contributed by atoms with Crippen molar-refractivity contribution >= 4 is 17.8 Å². The lowest BCUT2D eigenvalue weighted by Gasteiger charge is -2.21. The predicted molar refractivity (Wildman–Crippen MR) is 69.4 cm³/mol. The summed E-state index contributed by atoms with van der Waals surface area (Å²) in [5.41, 5.74) is -0.665. The van der Waals surface area contributed by atoms with Crippen molar-refractivity contribution in [3.8, 4) is 0 Å². The van der Waals surface area contributed by atoms with E-state index in [4.69, 9.17) is 5.11 Å². The highest BCUT2D eigenvalue weighted by molar-refractivity contribution is 6.05. The highest BCUT2D eigenvalue weighted by Crippen LogP contribution is 2.31. The molecule has 1 atom stereocenters. The summed E-state index contributed by atoms with van der Waals surface area (Å²) in [6.07, 6.45) is 0.419. The third kappa shape index (κ3) is 3.76. The maximum absolute atomic E-state index is 12.0. The van der Waals surface area contributed by atoms with Gasteiger partial charge in [0.25, 0.3) is 0 Å². The Morgan fingerprint density at radius 2 is 2.00 bits per heavy atom. The highest BCUT2D eigenvalue weighted by atomic mass is 16.4. The maximum atomic E-state index is 12.0. The number of carboxylic acids is 1. The standard InChI is InChI=1S/C13H22N2O4/c1-8(2)14-9(11(17)18)5-6-15-10(16)7-13(3,4)12(15)19/h8-9,14H,5-7H2,1-4H3,(H,17,18). The first-order valence-corrected chi connectivity index (χ1v) is 6.49. The van der Waals surface area contributed by atoms with Crippen molar-refractivity contribution in [2.24, 2.45) is 5.41 Å². The zero-order valence-corrected chi connectivity index (χ0v) is 11.9. The van der Waals surface area contributed by atoms with Crippen LogP contribution in [-0.2, 0) is 14.4 Å². The van der Waals surface area contributed by atoms with Crippen LogP contribution in [0.3, 0.4) is 0 Å². The Labute approximate surface area is 113 Å². The minimum Gasteiger partial charge on any atom is -0.480 e. The fourth-order valence-electron chi connectivity index (χ4n) is 2.19. The molecule has 0 aromatic carbocycles. The summed E-state index contributed by atoms with van der Waals surface area (Å²) in [7, 11) is 0. The summed E-state index contributed by atoms with van der Waals surface area (Å²) in [5.74, 6) is -1.40. The van der Waals surface area contributed by atoms with E-state index in [0.29, 0.717) is 0 Å². The number of aliphatic carboxylic acids is 1. The van der Waals surface area contributed by atoms with E-state index in [1.807, 2.05) is 13.8 Å². The van der Waals surface area contributed by atoms with Crippen LogP contribution in [0.15, 0.2) is 0 Å². The van der Waals surface area contributed by atoms with Crippen LogP contribution in [0.5, 0.6) is 0 Å². The summed E-state index contributed by atoms with van der Waals surface area (Å²) in [6.45, 7) is 7.32. The van der Waals surface area contributed by atoms with Crippen LogP contribution in [0.2, 0.25) is 0 Å². The van der Waals surface area contributed by atoms with Crippen molar-refractivity contribution in [2.75, 3.05) is 6.54 Å². The monoisotopic (exact) mass is 270 g/mol. The summed E-state index contributed by atoms with van der Waals surface area (Å²) >= 11 is 0.